The van der Waals surface area contributed by atoms with Crippen molar-refractivity contribution in [2.45, 2.75) is 59.0 Å². The standard InChI is InChI=1S/C27H38FN3O5S/c1-5-7-18-29-27(33)21(3)30(20-22-10-12-23(28)13-11-22)26(32)9-8-19-31(37(4,34)35)24-14-16-25(17-15-24)36-6-2/h10-17,21H,5-9,18-20H2,1-4H3,(H,29,33)/t21-/m0/s1. The van der Waals surface area contributed by atoms with Crippen LogP contribution in [-0.4, -0.2) is 57.1 Å². The van der Waals surface area contributed by atoms with E-state index in [1.165, 1.54) is 21.3 Å². The Morgan fingerprint density at radius 1 is 1.03 bits per heavy atom. The van der Waals surface area contributed by atoms with E-state index in [9.17, 15) is 22.4 Å². The fourth-order valence-electron chi connectivity index (χ4n) is 3.78. The van der Waals surface area contributed by atoms with Crippen LogP contribution >= 0.6 is 0 Å². The van der Waals surface area contributed by atoms with Gasteiger partial charge in [-0.2, -0.15) is 0 Å². The number of hydrogen-bond acceptors (Lipinski definition) is 5. The van der Waals surface area contributed by atoms with Crippen LogP contribution in [0, 0.1) is 5.82 Å². The summed E-state index contributed by atoms with van der Waals surface area (Å²) < 4.78 is 45.0. The van der Waals surface area contributed by atoms with Crippen LogP contribution in [0.15, 0.2) is 48.5 Å². The molecule has 37 heavy (non-hydrogen) atoms. The lowest BCUT2D eigenvalue weighted by molar-refractivity contribution is -0.140. The number of benzene rings is 2. The molecule has 0 aromatic heterocycles. The second kappa shape index (κ2) is 14.6. The SMILES string of the molecule is CCCCNC(=O)[C@H](C)N(Cc1ccc(F)cc1)C(=O)CCCN(c1ccc(OCC)cc1)S(C)(=O)=O. The second-order valence-corrected chi connectivity index (χ2v) is 10.7. The van der Waals surface area contributed by atoms with Gasteiger partial charge in [0.05, 0.1) is 18.6 Å². The second-order valence-electron chi connectivity index (χ2n) is 8.83. The number of sulfonamides is 1. The molecular weight excluding hydrogens is 497 g/mol. The molecule has 8 nitrogen and oxygen atoms in total. The highest BCUT2D eigenvalue weighted by molar-refractivity contribution is 7.92. The number of nitrogens with zero attached hydrogens (tertiary/aromatic N) is 2. The van der Waals surface area contributed by atoms with Crippen LogP contribution in [0.5, 0.6) is 5.75 Å². The molecule has 2 amide bonds. The number of rotatable bonds is 15. The number of unbranched alkanes of at least 4 members (excludes halogenated alkanes) is 1. The minimum absolute atomic E-state index is 0.0385. The Hall–Kier alpha value is -3.14. The monoisotopic (exact) mass is 535 g/mol. The minimum Gasteiger partial charge on any atom is -0.494 e. The normalized spacial score (nSPS) is 12.0. The Morgan fingerprint density at radius 2 is 1.68 bits per heavy atom. The number of anilines is 1. The Morgan fingerprint density at radius 3 is 2.24 bits per heavy atom. The van der Waals surface area contributed by atoms with E-state index in [2.05, 4.69) is 5.32 Å². The first-order valence-electron chi connectivity index (χ1n) is 12.6. The maximum Gasteiger partial charge on any atom is 0.242 e. The van der Waals surface area contributed by atoms with Crippen LogP contribution in [0.4, 0.5) is 10.1 Å². The molecule has 2 rings (SSSR count). The number of nitrogens with one attached hydrogen (secondary N) is 1. The highest BCUT2D eigenvalue weighted by Gasteiger charge is 2.26. The molecule has 0 fully saturated rings. The fraction of sp³-hybridized carbons (Fsp3) is 0.481. The summed E-state index contributed by atoms with van der Waals surface area (Å²) in [4.78, 5) is 27.4. The number of carbonyl (C=O) groups excluding carboxylic acids is 2. The van der Waals surface area contributed by atoms with Crippen molar-refractivity contribution in [3.05, 3.63) is 59.9 Å². The van der Waals surface area contributed by atoms with Crippen LogP contribution in [0.1, 0.15) is 52.0 Å². The van der Waals surface area contributed by atoms with Crippen molar-refractivity contribution >= 4 is 27.5 Å². The van der Waals surface area contributed by atoms with E-state index < -0.39 is 16.1 Å². The summed E-state index contributed by atoms with van der Waals surface area (Å²) in [7, 11) is -3.59. The fourth-order valence-corrected chi connectivity index (χ4v) is 4.75. The van der Waals surface area contributed by atoms with E-state index in [4.69, 9.17) is 4.74 Å². The molecule has 0 aliphatic rings. The van der Waals surface area contributed by atoms with Gasteiger partial charge in [-0.3, -0.25) is 13.9 Å². The van der Waals surface area contributed by atoms with Gasteiger partial charge in [0.15, 0.2) is 0 Å². The summed E-state index contributed by atoms with van der Waals surface area (Å²) >= 11 is 0. The van der Waals surface area contributed by atoms with Crippen molar-refractivity contribution in [2.75, 3.05) is 30.3 Å². The Balaban J connectivity index is 2.12. The molecule has 0 unspecified atom stereocenters. The average molecular weight is 536 g/mol. The molecule has 0 aliphatic heterocycles. The topological polar surface area (TPSA) is 96.0 Å². The lowest BCUT2D eigenvalue weighted by Gasteiger charge is -2.29. The van der Waals surface area contributed by atoms with Crippen molar-refractivity contribution < 1.29 is 27.1 Å². The van der Waals surface area contributed by atoms with Crippen LogP contribution in [0.3, 0.4) is 0 Å². The van der Waals surface area contributed by atoms with Crippen LogP contribution in [-0.2, 0) is 26.2 Å². The minimum atomic E-state index is -3.59. The van der Waals surface area contributed by atoms with Gasteiger partial charge in [-0.25, -0.2) is 12.8 Å². The highest BCUT2D eigenvalue weighted by Crippen LogP contribution is 2.22. The Bertz CT molecular complexity index is 1110. The molecule has 0 bridgehead atoms. The number of carbonyl (C=O) groups is 2. The summed E-state index contributed by atoms with van der Waals surface area (Å²) in [6, 6.07) is 11.8. The van der Waals surface area contributed by atoms with E-state index in [-0.39, 0.29) is 43.6 Å². The largest absolute Gasteiger partial charge is 0.494 e. The maximum atomic E-state index is 13.4. The van der Waals surface area contributed by atoms with Gasteiger partial charge < -0.3 is 15.0 Å². The zero-order valence-electron chi connectivity index (χ0n) is 22.1. The predicted octanol–water partition coefficient (Wildman–Crippen LogP) is 4.10. The van der Waals surface area contributed by atoms with Gasteiger partial charge >= 0.3 is 0 Å². The molecule has 0 saturated heterocycles. The van der Waals surface area contributed by atoms with E-state index >= 15 is 0 Å². The molecule has 2 aromatic carbocycles. The molecular formula is C27H38FN3O5S. The smallest absolute Gasteiger partial charge is 0.242 e. The van der Waals surface area contributed by atoms with Crippen LogP contribution < -0.4 is 14.4 Å². The van der Waals surface area contributed by atoms with Crippen molar-refractivity contribution in [1.29, 1.82) is 0 Å². The third kappa shape index (κ3) is 9.68. The highest BCUT2D eigenvalue weighted by atomic mass is 32.2. The summed E-state index contributed by atoms with van der Waals surface area (Å²) in [5.41, 5.74) is 1.17. The van der Waals surface area contributed by atoms with Crippen LogP contribution in [0.25, 0.3) is 0 Å². The summed E-state index contributed by atoms with van der Waals surface area (Å²) in [6.07, 6.45) is 3.17. The van der Waals surface area contributed by atoms with Crippen molar-refractivity contribution in [3.8, 4) is 5.75 Å². The lowest BCUT2D eigenvalue weighted by Crippen LogP contribution is -2.48. The average Bonchev–Trinajstić information content (AvgIpc) is 2.86. The van der Waals surface area contributed by atoms with Gasteiger partial charge in [0.25, 0.3) is 0 Å². The Kier molecular flexibility index (Phi) is 11.8. The van der Waals surface area contributed by atoms with Gasteiger partial charge in [0, 0.05) is 26.1 Å². The molecule has 10 heteroatoms. The van der Waals surface area contributed by atoms with Gasteiger partial charge in [-0.15, -0.1) is 0 Å². The number of ether oxygens (including phenoxy) is 1. The van der Waals surface area contributed by atoms with E-state index in [1.807, 2.05) is 13.8 Å². The van der Waals surface area contributed by atoms with Crippen LogP contribution in [0.2, 0.25) is 0 Å². The zero-order valence-corrected chi connectivity index (χ0v) is 22.9. The first kappa shape index (κ1) is 30.1. The first-order chi connectivity index (χ1) is 17.6. The van der Waals surface area contributed by atoms with Gasteiger partial charge in [-0.05, 0) is 68.7 Å². The molecule has 204 valence electrons. The number of amides is 2. The number of halogens is 1. The van der Waals surface area contributed by atoms with E-state index in [1.54, 1.807) is 43.3 Å². The molecule has 0 radical (unpaired) electrons. The molecule has 2 aromatic rings. The van der Waals surface area contributed by atoms with E-state index in [0.717, 1.165) is 19.1 Å². The van der Waals surface area contributed by atoms with Crippen molar-refractivity contribution in [2.24, 2.45) is 0 Å². The van der Waals surface area contributed by atoms with Crippen molar-refractivity contribution in [1.82, 2.24) is 10.2 Å². The summed E-state index contributed by atoms with van der Waals surface area (Å²) in [6.45, 7) is 6.79. The van der Waals surface area contributed by atoms with Gasteiger partial charge in [0.1, 0.15) is 17.6 Å². The predicted molar refractivity (Wildman–Crippen MR) is 143 cm³/mol. The lowest BCUT2D eigenvalue weighted by atomic mass is 10.1. The maximum absolute atomic E-state index is 13.4. The molecule has 0 saturated carbocycles. The quantitative estimate of drug-likeness (QED) is 0.347. The zero-order chi connectivity index (χ0) is 27.4. The third-order valence-corrected chi connectivity index (χ3v) is 7.04. The van der Waals surface area contributed by atoms with Crippen molar-refractivity contribution in [3.63, 3.8) is 0 Å². The van der Waals surface area contributed by atoms with Gasteiger partial charge in [-0.1, -0.05) is 25.5 Å². The molecule has 0 heterocycles. The third-order valence-electron chi connectivity index (χ3n) is 5.85. The summed E-state index contributed by atoms with van der Waals surface area (Å²) in [5, 5.41) is 2.85. The molecule has 1 N–H and O–H groups in total. The molecule has 0 aliphatic carbocycles. The Labute approximate surface area is 219 Å². The van der Waals surface area contributed by atoms with Gasteiger partial charge in [0.2, 0.25) is 21.8 Å². The molecule has 1 atom stereocenters. The first-order valence-corrected chi connectivity index (χ1v) is 14.4. The number of hydrogen-bond donors (Lipinski definition) is 1. The van der Waals surface area contributed by atoms with E-state index in [0.29, 0.717) is 30.2 Å². The molecule has 0 spiro atoms. The summed E-state index contributed by atoms with van der Waals surface area (Å²) in [5.74, 6) is -0.307.